The summed E-state index contributed by atoms with van der Waals surface area (Å²) >= 11 is 6.20. The maximum atomic E-state index is 13.2. The van der Waals surface area contributed by atoms with Gasteiger partial charge in [0.1, 0.15) is 17.1 Å². The van der Waals surface area contributed by atoms with Crippen LogP contribution in [0.3, 0.4) is 0 Å². The van der Waals surface area contributed by atoms with Crippen LogP contribution in [-0.4, -0.2) is 16.1 Å². The van der Waals surface area contributed by atoms with Crippen LogP contribution in [0.25, 0.3) is 0 Å². The number of aromatic nitrogens is 2. The van der Waals surface area contributed by atoms with Gasteiger partial charge < -0.3 is 15.8 Å². The highest BCUT2D eigenvalue weighted by molar-refractivity contribution is 6.31. The van der Waals surface area contributed by atoms with Gasteiger partial charge in [-0.3, -0.25) is 9.89 Å². The monoisotopic (exact) mass is 369 g/mol. The van der Waals surface area contributed by atoms with Crippen molar-refractivity contribution in [3.63, 3.8) is 0 Å². The van der Waals surface area contributed by atoms with Crippen molar-refractivity contribution in [3.8, 4) is 11.9 Å². The Balaban J connectivity index is 2.07. The molecule has 1 spiro atoms. The molecule has 0 aliphatic carbocycles. The lowest BCUT2D eigenvalue weighted by Gasteiger charge is -2.32. The first-order valence-electron chi connectivity index (χ1n) is 8.31. The zero-order valence-electron chi connectivity index (χ0n) is 14.0. The van der Waals surface area contributed by atoms with Gasteiger partial charge in [0.2, 0.25) is 17.7 Å². The third-order valence-electron chi connectivity index (χ3n) is 4.88. The molecule has 2 aliphatic rings. The van der Waals surface area contributed by atoms with E-state index in [4.69, 9.17) is 22.1 Å². The molecule has 0 saturated carbocycles. The number of nitrogens with one attached hydrogen (secondary N) is 2. The fraction of sp³-hybridized carbons (Fsp3) is 0.278. The number of anilines is 1. The lowest BCUT2D eigenvalue weighted by atomic mass is 9.68. The minimum atomic E-state index is -1.41. The topological polar surface area (TPSA) is 117 Å². The molecule has 0 bridgehead atoms. The second kappa shape index (κ2) is 5.78. The van der Waals surface area contributed by atoms with Crippen LogP contribution < -0.4 is 15.8 Å². The fourth-order valence-electron chi connectivity index (χ4n) is 3.73. The number of aryl methyl sites for hydroxylation is 1. The number of amides is 1. The molecule has 1 atom stereocenters. The maximum Gasteiger partial charge on any atom is 0.245 e. The molecule has 1 unspecified atom stereocenters. The van der Waals surface area contributed by atoms with Crippen LogP contribution in [0, 0.1) is 11.3 Å². The largest absolute Gasteiger partial charge is 0.420 e. The minimum absolute atomic E-state index is 0.0441. The average molecular weight is 370 g/mol. The molecule has 4 N–H and O–H groups in total. The molecule has 7 nitrogen and oxygen atoms in total. The summed E-state index contributed by atoms with van der Waals surface area (Å²) in [5, 5.41) is 20.3. The summed E-state index contributed by atoms with van der Waals surface area (Å²) in [7, 11) is 0. The molecule has 0 radical (unpaired) electrons. The third-order valence-corrected chi connectivity index (χ3v) is 5.11. The number of hydrogen-bond donors (Lipinski definition) is 3. The van der Waals surface area contributed by atoms with Gasteiger partial charge in [-0.05, 0) is 31.0 Å². The summed E-state index contributed by atoms with van der Waals surface area (Å²) in [6, 6.07) is 7.17. The second-order valence-corrected chi connectivity index (χ2v) is 6.77. The molecule has 0 saturated heterocycles. The van der Waals surface area contributed by atoms with Crippen molar-refractivity contribution < 1.29 is 9.53 Å². The number of fused-ring (bicyclic) bond motifs is 4. The molecule has 1 amide bonds. The van der Waals surface area contributed by atoms with Gasteiger partial charge in [0.15, 0.2) is 0 Å². The predicted molar refractivity (Wildman–Crippen MR) is 95.5 cm³/mol. The molecule has 8 heteroatoms. The summed E-state index contributed by atoms with van der Waals surface area (Å²) in [4.78, 5) is 13.2. The summed E-state index contributed by atoms with van der Waals surface area (Å²) < 4.78 is 5.56. The maximum absolute atomic E-state index is 13.2. The minimum Gasteiger partial charge on any atom is -0.420 e. The van der Waals surface area contributed by atoms with E-state index in [0.29, 0.717) is 28.3 Å². The van der Waals surface area contributed by atoms with E-state index in [0.717, 1.165) is 18.5 Å². The lowest BCUT2D eigenvalue weighted by molar-refractivity contribution is -0.118. The highest BCUT2D eigenvalue weighted by atomic mass is 35.5. The summed E-state index contributed by atoms with van der Waals surface area (Å²) in [6.45, 7) is 2.07. The Morgan fingerprint density at radius 1 is 1.46 bits per heavy atom. The Labute approximate surface area is 154 Å². The van der Waals surface area contributed by atoms with E-state index in [-0.39, 0.29) is 23.2 Å². The average Bonchev–Trinajstić information content (AvgIpc) is 3.13. The van der Waals surface area contributed by atoms with Crippen LogP contribution in [0.15, 0.2) is 29.7 Å². The molecule has 3 heterocycles. The van der Waals surface area contributed by atoms with Crippen molar-refractivity contribution in [1.82, 2.24) is 10.2 Å². The zero-order valence-corrected chi connectivity index (χ0v) is 14.8. The van der Waals surface area contributed by atoms with Gasteiger partial charge in [0, 0.05) is 22.0 Å². The molecule has 4 rings (SSSR count). The number of unbranched alkanes of at least 4 members (excludes halogenated alkanes) is 1. The van der Waals surface area contributed by atoms with Crippen molar-refractivity contribution >= 4 is 23.2 Å². The van der Waals surface area contributed by atoms with E-state index in [1.54, 1.807) is 18.2 Å². The van der Waals surface area contributed by atoms with Gasteiger partial charge >= 0.3 is 0 Å². The van der Waals surface area contributed by atoms with Gasteiger partial charge in [-0.1, -0.05) is 24.9 Å². The van der Waals surface area contributed by atoms with E-state index < -0.39 is 5.41 Å². The molecule has 1 aromatic heterocycles. The molecule has 0 fully saturated rings. The highest BCUT2D eigenvalue weighted by Gasteiger charge is 2.58. The highest BCUT2D eigenvalue weighted by Crippen LogP contribution is 2.54. The number of H-pyrrole nitrogens is 1. The standard InChI is InChI=1S/C18H16ClN5O2/c1-2-3-4-13-14-16(24-23-13)26-15(21)11(8-20)18(14)10-7-9(19)5-6-12(10)22-17(18)25/h5-7H,2-4,21H2,1H3,(H,22,25)(H,23,24). The van der Waals surface area contributed by atoms with Gasteiger partial charge in [-0.25, -0.2) is 0 Å². The smallest absolute Gasteiger partial charge is 0.245 e. The molecule has 2 aromatic rings. The van der Waals surface area contributed by atoms with Crippen LogP contribution in [0.4, 0.5) is 5.69 Å². The number of carbonyl (C=O) groups is 1. The van der Waals surface area contributed by atoms with Crippen molar-refractivity contribution in [3.05, 3.63) is 51.5 Å². The number of benzene rings is 1. The normalized spacial score (nSPS) is 20.4. The van der Waals surface area contributed by atoms with Crippen molar-refractivity contribution in [2.75, 3.05) is 5.32 Å². The van der Waals surface area contributed by atoms with Crippen LogP contribution in [0.2, 0.25) is 5.02 Å². The van der Waals surface area contributed by atoms with Crippen molar-refractivity contribution in [1.29, 1.82) is 5.26 Å². The van der Waals surface area contributed by atoms with Crippen LogP contribution >= 0.6 is 11.6 Å². The Kier molecular flexibility index (Phi) is 3.67. The number of aromatic amines is 1. The first-order chi connectivity index (χ1) is 12.5. The Hall–Kier alpha value is -2.98. The third kappa shape index (κ3) is 1.99. The molecular formula is C18H16ClN5O2. The number of hydrogen-bond acceptors (Lipinski definition) is 5. The molecule has 132 valence electrons. The number of carbonyl (C=O) groups excluding carboxylic acids is 1. The lowest BCUT2D eigenvalue weighted by Crippen LogP contribution is -2.42. The summed E-state index contributed by atoms with van der Waals surface area (Å²) in [5.41, 5.74) is 7.09. The fourth-order valence-corrected chi connectivity index (χ4v) is 3.90. The van der Waals surface area contributed by atoms with Gasteiger partial charge in [0.25, 0.3) is 0 Å². The number of ether oxygens (including phenoxy) is 1. The van der Waals surface area contributed by atoms with E-state index in [2.05, 4.69) is 28.5 Å². The van der Waals surface area contributed by atoms with Crippen LogP contribution in [0.5, 0.6) is 5.88 Å². The van der Waals surface area contributed by atoms with E-state index in [1.807, 2.05) is 0 Å². The quantitative estimate of drug-likeness (QED) is 0.769. The summed E-state index contributed by atoms with van der Waals surface area (Å²) in [5.74, 6) is -0.273. The van der Waals surface area contributed by atoms with Gasteiger partial charge in [-0.2, -0.15) is 5.26 Å². The molecular weight excluding hydrogens is 354 g/mol. The Bertz CT molecular complexity index is 1000. The molecule has 1 aromatic carbocycles. The van der Waals surface area contributed by atoms with Crippen molar-refractivity contribution in [2.24, 2.45) is 5.73 Å². The Morgan fingerprint density at radius 2 is 2.27 bits per heavy atom. The number of rotatable bonds is 3. The Morgan fingerprint density at radius 3 is 3.00 bits per heavy atom. The molecule has 26 heavy (non-hydrogen) atoms. The first kappa shape index (κ1) is 16.5. The van der Waals surface area contributed by atoms with Gasteiger partial charge in [-0.15, -0.1) is 5.10 Å². The number of nitrogens with two attached hydrogens (primary N) is 1. The van der Waals surface area contributed by atoms with E-state index in [1.165, 1.54) is 0 Å². The predicted octanol–water partition coefficient (Wildman–Crippen LogP) is 2.73. The van der Waals surface area contributed by atoms with E-state index in [9.17, 15) is 10.1 Å². The second-order valence-electron chi connectivity index (χ2n) is 6.33. The van der Waals surface area contributed by atoms with Crippen LogP contribution in [-0.2, 0) is 16.6 Å². The molecule has 2 aliphatic heterocycles. The number of nitriles is 1. The number of halogens is 1. The SMILES string of the molecule is CCCCc1[nH]nc2c1C1(C(=O)Nc3ccc(Cl)cc31)C(C#N)=C(N)O2. The number of nitrogens with zero attached hydrogens (tertiary/aromatic N) is 2. The van der Waals surface area contributed by atoms with E-state index >= 15 is 0 Å². The summed E-state index contributed by atoms with van der Waals surface area (Å²) in [6.07, 6.45) is 2.54. The van der Waals surface area contributed by atoms with Gasteiger partial charge in [0.05, 0.1) is 5.56 Å². The first-order valence-corrected chi connectivity index (χ1v) is 8.69. The van der Waals surface area contributed by atoms with Crippen LogP contribution in [0.1, 0.15) is 36.6 Å². The van der Waals surface area contributed by atoms with Crippen molar-refractivity contribution in [2.45, 2.75) is 31.6 Å². The zero-order chi connectivity index (χ0) is 18.5.